The van der Waals surface area contributed by atoms with Gasteiger partial charge in [0, 0.05) is 13.1 Å². The number of rotatable bonds is 4. The van der Waals surface area contributed by atoms with Gasteiger partial charge in [0.1, 0.15) is 12.1 Å². The molecule has 0 aliphatic carbocycles. The maximum absolute atomic E-state index is 5.60. The summed E-state index contributed by atoms with van der Waals surface area (Å²) in [7, 11) is 1.73. The number of para-hydroxylation sites is 1. The summed E-state index contributed by atoms with van der Waals surface area (Å²) in [5, 5.41) is 7.09. The molecule has 8 nitrogen and oxygen atoms in total. The highest BCUT2D eigenvalue weighted by molar-refractivity contribution is 5.42. The summed E-state index contributed by atoms with van der Waals surface area (Å²) >= 11 is 0. The van der Waals surface area contributed by atoms with Crippen molar-refractivity contribution >= 4 is 11.8 Å². The van der Waals surface area contributed by atoms with Crippen molar-refractivity contribution in [3.05, 3.63) is 42.7 Å². The van der Waals surface area contributed by atoms with Crippen LogP contribution >= 0.6 is 0 Å². The van der Waals surface area contributed by atoms with Crippen LogP contribution in [0.25, 0.3) is 5.69 Å². The molecule has 21 heavy (non-hydrogen) atoms. The van der Waals surface area contributed by atoms with Gasteiger partial charge in [0.15, 0.2) is 0 Å². The number of anilines is 2. The molecule has 0 aliphatic heterocycles. The van der Waals surface area contributed by atoms with E-state index in [2.05, 4.69) is 25.4 Å². The van der Waals surface area contributed by atoms with Crippen molar-refractivity contribution in [2.45, 2.75) is 0 Å². The molecule has 0 aliphatic rings. The standard InChI is InChI=1S/C13H13N7O/c1-15-10-7-11(18-12(14)17-10)21-13-16-8-20(19-13)9-5-3-2-4-6-9/h2-8H,1H3,(H3,14,15,17,18). The second-order valence-electron chi connectivity index (χ2n) is 4.11. The topological polar surface area (TPSA) is 104 Å². The predicted molar refractivity (Wildman–Crippen MR) is 77.4 cm³/mol. The smallest absolute Gasteiger partial charge is 0.342 e. The van der Waals surface area contributed by atoms with Crippen molar-refractivity contribution < 1.29 is 4.74 Å². The number of nitrogens with two attached hydrogens (primary N) is 1. The fourth-order valence-electron chi connectivity index (χ4n) is 1.72. The third-order valence-corrected chi connectivity index (χ3v) is 2.66. The van der Waals surface area contributed by atoms with Gasteiger partial charge in [-0.25, -0.2) is 4.68 Å². The molecule has 1 aromatic carbocycles. The van der Waals surface area contributed by atoms with E-state index in [0.717, 1.165) is 5.69 Å². The number of benzene rings is 1. The average Bonchev–Trinajstić information content (AvgIpc) is 2.96. The highest BCUT2D eigenvalue weighted by Crippen LogP contribution is 2.19. The van der Waals surface area contributed by atoms with Gasteiger partial charge in [0.2, 0.25) is 11.8 Å². The van der Waals surface area contributed by atoms with Crippen LogP contribution < -0.4 is 15.8 Å². The van der Waals surface area contributed by atoms with E-state index in [4.69, 9.17) is 10.5 Å². The Balaban J connectivity index is 1.83. The molecule has 0 atom stereocenters. The molecule has 8 heteroatoms. The van der Waals surface area contributed by atoms with E-state index < -0.39 is 0 Å². The number of ether oxygens (including phenoxy) is 1. The number of aromatic nitrogens is 5. The number of nitrogen functional groups attached to an aromatic ring is 1. The third-order valence-electron chi connectivity index (χ3n) is 2.66. The molecule has 0 bridgehead atoms. The quantitative estimate of drug-likeness (QED) is 0.747. The van der Waals surface area contributed by atoms with Crippen LogP contribution in [0.2, 0.25) is 0 Å². The molecule has 0 amide bonds. The molecule has 3 aromatic rings. The average molecular weight is 283 g/mol. The molecule has 3 N–H and O–H groups in total. The van der Waals surface area contributed by atoms with Gasteiger partial charge in [-0.1, -0.05) is 18.2 Å². The summed E-state index contributed by atoms with van der Waals surface area (Å²) in [6.07, 6.45) is 1.56. The lowest BCUT2D eigenvalue weighted by Gasteiger charge is -2.04. The zero-order chi connectivity index (χ0) is 14.7. The lowest BCUT2D eigenvalue weighted by molar-refractivity contribution is 0.425. The summed E-state index contributed by atoms with van der Waals surface area (Å²) < 4.78 is 7.10. The molecule has 0 saturated carbocycles. The Kier molecular flexibility index (Phi) is 3.34. The fraction of sp³-hybridized carbons (Fsp3) is 0.0769. The monoisotopic (exact) mass is 283 g/mol. The zero-order valence-corrected chi connectivity index (χ0v) is 11.3. The van der Waals surface area contributed by atoms with Crippen LogP contribution in [0.15, 0.2) is 42.7 Å². The maximum atomic E-state index is 5.60. The highest BCUT2D eigenvalue weighted by atomic mass is 16.5. The van der Waals surface area contributed by atoms with Crippen LogP contribution in [0.1, 0.15) is 0 Å². The Morgan fingerprint density at radius 1 is 1.19 bits per heavy atom. The van der Waals surface area contributed by atoms with Crippen LogP contribution in [0, 0.1) is 0 Å². The zero-order valence-electron chi connectivity index (χ0n) is 11.3. The van der Waals surface area contributed by atoms with Gasteiger partial charge in [-0.3, -0.25) is 0 Å². The highest BCUT2D eigenvalue weighted by Gasteiger charge is 2.08. The molecule has 0 radical (unpaired) electrons. The first-order valence-electron chi connectivity index (χ1n) is 6.22. The van der Waals surface area contributed by atoms with Gasteiger partial charge in [0.05, 0.1) is 5.69 Å². The molecule has 3 rings (SSSR count). The molecule has 0 unspecified atom stereocenters. The molecule has 0 fully saturated rings. The van der Waals surface area contributed by atoms with Crippen molar-refractivity contribution in [2.75, 3.05) is 18.1 Å². The fourth-order valence-corrected chi connectivity index (χ4v) is 1.72. The third kappa shape index (κ3) is 2.89. The first-order valence-corrected chi connectivity index (χ1v) is 6.22. The van der Waals surface area contributed by atoms with Crippen molar-refractivity contribution in [1.29, 1.82) is 0 Å². The Bertz CT molecular complexity index is 741. The van der Waals surface area contributed by atoms with E-state index in [9.17, 15) is 0 Å². The maximum Gasteiger partial charge on any atom is 0.342 e. The van der Waals surface area contributed by atoms with Gasteiger partial charge >= 0.3 is 6.01 Å². The van der Waals surface area contributed by atoms with Crippen molar-refractivity contribution in [3.8, 4) is 17.6 Å². The van der Waals surface area contributed by atoms with Crippen molar-refractivity contribution in [1.82, 2.24) is 24.7 Å². The predicted octanol–water partition coefficient (Wildman–Crippen LogP) is 1.47. The van der Waals surface area contributed by atoms with E-state index in [1.54, 1.807) is 24.1 Å². The minimum Gasteiger partial charge on any atom is -0.404 e. The largest absolute Gasteiger partial charge is 0.404 e. The van der Waals surface area contributed by atoms with Crippen LogP contribution in [0.3, 0.4) is 0 Å². The van der Waals surface area contributed by atoms with Gasteiger partial charge < -0.3 is 15.8 Å². The van der Waals surface area contributed by atoms with Crippen molar-refractivity contribution in [2.24, 2.45) is 0 Å². The summed E-state index contributed by atoms with van der Waals surface area (Å²) in [5.41, 5.74) is 6.48. The van der Waals surface area contributed by atoms with Gasteiger partial charge in [0.25, 0.3) is 0 Å². The van der Waals surface area contributed by atoms with Gasteiger partial charge in [-0.05, 0) is 12.1 Å². The minimum absolute atomic E-state index is 0.111. The van der Waals surface area contributed by atoms with Crippen LogP contribution in [-0.4, -0.2) is 31.8 Å². The molecular weight excluding hydrogens is 270 g/mol. The number of nitrogens with zero attached hydrogens (tertiary/aromatic N) is 5. The van der Waals surface area contributed by atoms with Gasteiger partial charge in [-0.2, -0.15) is 15.0 Å². The summed E-state index contributed by atoms with van der Waals surface area (Å²) in [6.45, 7) is 0. The molecule has 2 aromatic heterocycles. The van der Waals surface area contributed by atoms with E-state index in [1.165, 1.54) is 0 Å². The Labute approximate surface area is 120 Å². The van der Waals surface area contributed by atoms with Crippen LogP contribution in [0.4, 0.5) is 11.8 Å². The second kappa shape index (κ2) is 5.45. The molecular formula is C13H13N7O. The number of hydrogen-bond acceptors (Lipinski definition) is 7. The first kappa shape index (κ1) is 12.9. The Hall–Kier alpha value is -3.16. The summed E-state index contributed by atoms with van der Waals surface area (Å²) in [4.78, 5) is 12.0. The molecule has 106 valence electrons. The second-order valence-corrected chi connectivity index (χ2v) is 4.11. The lowest BCUT2D eigenvalue weighted by Crippen LogP contribution is -2.02. The molecule has 0 spiro atoms. The van der Waals surface area contributed by atoms with Gasteiger partial charge in [-0.15, -0.1) is 5.10 Å². The van der Waals surface area contributed by atoms with E-state index in [1.807, 2.05) is 30.3 Å². The number of hydrogen-bond donors (Lipinski definition) is 2. The summed E-state index contributed by atoms with van der Waals surface area (Å²) in [5.74, 6) is 0.942. The van der Waals surface area contributed by atoms with E-state index >= 15 is 0 Å². The SMILES string of the molecule is CNc1cc(Oc2ncn(-c3ccccc3)n2)nc(N)n1. The van der Waals surface area contributed by atoms with E-state index in [0.29, 0.717) is 5.82 Å². The Morgan fingerprint density at radius 3 is 2.76 bits per heavy atom. The van der Waals surface area contributed by atoms with Crippen molar-refractivity contribution in [3.63, 3.8) is 0 Å². The first-order chi connectivity index (χ1) is 10.2. The molecule has 0 saturated heterocycles. The normalized spacial score (nSPS) is 10.3. The number of nitrogens with one attached hydrogen (secondary N) is 1. The lowest BCUT2D eigenvalue weighted by atomic mass is 10.3. The minimum atomic E-state index is 0.111. The van der Waals surface area contributed by atoms with Crippen LogP contribution in [0.5, 0.6) is 11.9 Å². The summed E-state index contributed by atoms with van der Waals surface area (Å²) in [6, 6.07) is 11.4. The Morgan fingerprint density at radius 2 is 2.00 bits per heavy atom. The van der Waals surface area contributed by atoms with Crippen LogP contribution in [-0.2, 0) is 0 Å². The van der Waals surface area contributed by atoms with E-state index in [-0.39, 0.29) is 17.8 Å². The molecule has 2 heterocycles.